The third-order valence-corrected chi connectivity index (χ3v) is 3.75. The molecule has 0 fully saturated rings. The average Bonchev–Trinajstić information content (AvgIpc) is 2.77. The first-order chi connectivity index (χ1) is 9.17. The van der Waals surface area contributed by atoms with Crippen molar-refractivity contribution >= 4 is 17.5 Å². The fraction of sp³-hybridized carbons (Fsp3) is 0.385. The number of ether oxygens (including phenoxy) is 1. The molecule has 0 radical (unpaired) electrons. The Kier molecular flexibility index (Phi) is 3.06. The topological polar surface area (TPSA) is 66.0 Å². The number of aromatic nitrogens is 3. The van der Waals surface area contributed by atoms with Gasteiger partial charge in [-0.3, -0.25) is 0 Å². The van der Waals surface area contributed by atoms with Crippen LogP contribution in [-0.2, 0) is 13.0 Å². The van der Waals surface area contributed by atoms with Gasteiger partial charge in [0.2, 0.25) is 5.95 Å². The molecule has 1 unspecified atom stereocenters. The van der Waals surface area contributed by atoms with Gasteiger partial charge in [-0.2, -0.15) is 4.98 Å². The lowest BCUT2D eigenvalue weighted by atomic mass is 9.89. The first-order valence-corrected chi connectivity index (χ1v) is 6.58. The third kappa shape index (κ3) is 2.26. The fourth-order valence-corrected chi connectivity index (χ4v) is 2.79. The van der Waals surface area contributed by atoms with Crippen molar-refractivity contribution in [2.75, 3.05) is 12.8 Å². The Morgan fingerprint density at radius 1 is 1.47 bits per heavy atom. The van der Waals surface area contributed by atoms with Gasteiger partial charge in [-0.05, 0) is 36.1 Å². The summed E-state index contributed by atoms with van der Waals surface area (Å²) in [7, 11) is 1.68. The van der Waals surface area contributed by atoms with Crippen molar-refractivity contribution in [3.8, 4) is 5.75 Å². The van der Waals surface area contributed by atoms with Crippen molar-refractivity contribution < 1.29 is 4.74 Å². The number of hydrogen-bond donors (Lipinski definition) is 1. The highest BCUT2D eigenvalue weighted by atomic mass is 35.5. The van der Waals surface area contributed by atoms with Gasteiger partial charge >= 0.3 is 0 Å². The summed E-state index contributed by atoms with van der Waals surface area (Å²) < 4.78 is 7.30. The van der Waals surface area contributed by atoms with Gasteiger partial charge in [-0.25, -0.2) is 4.68 Å². The molecule has 0 spiro atoms. The lowest BCUT2D eigenvalue weighted by Gasteiger charge is -2.24. The molecule has 1 aliphatic rings. The standard InChI is InChI=1S/C13H15ClN4O/c1-19-11-3-2-9(14)7-10(11)8-4-5-18-12(6-8)16-13(15)17-18/h2-3,7-8H,4-6H2,1H3,(H2,15,17). The molecule has 0 saturated heterocycles. The van der Waals surface area contributed by atoms with Crippen molar-refractivity contribution in [2.45, 2.75) is 25.3 Å². The number of hydrogen-bond acceptors (Lipinski definition) is 4. The van der Waals surface area contributed by atoms with Crippen LogP contribution in [0.2, 0.25) is 5.02 Å². The van der Waals surface area contributed by atoms with E-state index >= 15 is 0 Å². The van der Waals surface area contributed by atoms with Gasteiger partial charge in [0.05, 0.1) is 7.11 Å². The number of nitrogen functional groups attached to an aromatic ring is 1. The van der Waals surface area contributed by atoms with E-state index in [1.54, 1.807) is 7.11 Å². The molecule has 2 heterocycles. The second-order valence-corrected chi connectivity index (χ2v) is 5.12. The van der Waals surface area contributed by atoms with Gasteiger partial charge < -0.3 is 10.5 Å². The molecular formula is C13H15ClN4O. The van der Waals surface area contributed by atoms with E-state index in [1.165, 1.54) is 0 Å². The summed E-state index contributed by atoms with van der Waals surface area (Å²) in [5.74, 6) is 2.48. The van der Waals surface area contributed by atoms with Crippen molar-refractivity contribution in [2.24, 2.45) is 0 Å². The molecule has 100 valence electrons. The number of rotatable bonds is 2. The van der Waals surface area contributed by atoms with E-state index in [9.17, 15) is 0 Å². The van der Waals surface area contributed by atoms with Crippen LogP contribution < -0.4 is 10.5 Å². The normalized spacial score (nSPS) is 18.1. The second kappa shape index (κ2) is 4.74. The van der Waals surface area contributed by atoms with Crippen LogP contribution >= 0.6 is 11.6 Å². The number of nitrogens with two attached hydrogens (primary N) is 1. The van der Waals surface area contributed by atoms with E-state index in [2.05, 4.69) is 10.1 Å². The van der Waals surface area contributed by atoms with Crippen molar-refractivity contribution in [1.82, 2.24) is 14.8 Å². The average molecular weight is 279 g/mol. The summed E-state index contributed by atoms with van der Waals surface area (Å²) >= 11 is 6.09. The third-order valence-electron chi connectivity index (χ3n) is 3.51. The molecule has 1 aliphatic heterocycles. The Morgan fingerprint density at radius 2 is 2.32 bits per heavy atom. The highest BCUT2D eigenvalue weighted by molar-refractivity contribution is 6.30. The first kappa shape index (κ1) is 12.3. The van der Waals surface area contributed by atoms with Gasteiger partial charge in [0, 0.05) is 18.0 Å². The van der Waals surface area contributed by atoms with E-state index in [-0.39, 0.29) is 0 Å². The Hall–Kier alpha value is -1.75. The molecule has 0 bridgehead atoms. The SMILES string of the molecule is COc1ccc(Cl)cc1C1CCn2nc(N)nc2C1. The van der Waals surface area contributed by atoms with Crippen LogP contribution in [0.5, 0.6) is 5.75 Å². The maximum Gasteiger partial charge on any atom is 0.239 e. The van der Waals surface area contributed by atoms with Crippen LogP contribution in [0.3, 0.4) is 0 Å². The van der Waals surface area contributed by atoms with E-state index in [1.807, 2.05) is 22.9 Å². The predicted octanol–water partition coefficient (Wildman–Crippen LogP) is 2.25. The monoisotopic (exact) mass is 278 g/mol. The molecule has 0 saturated carbocycles. The quantitative estimate of drug-likeness (QED) is 0.915. The Morgan fingerprint density at radius 3 is 3.11 bits per heavy atom. The Labute approximate surface area is 116 Å². The number of anilines is 1. The molecule has 1 aromatic heterocycles. The molecule has 1 atom stereocenters. The van der Waals surface area contributed by atoms with E-state index < -0.39 is 0 Å². The molecule has 5 nitrogen and oxygen atoms in total. The Bertz CT molecular complexity index is 611. The number of benzene rings is 1. The molecule has 2 N–H and O–H groups in total. The van der Waals surface area contributed by atoms with Crippen LogP contribution in [0.4, 0.5) is 5.95 Å². The molecule has 19 heavy (non-hydrogen) atoms. The van der Waals surface area contributed by atoms with Gasteiger partial charge in [0.25, 0.3) is 0 Å². The maximum atomic E-state index is 6.09. The van der Waals surface area contributed by atoms with E-state index in [4.69, 9.17) is 22.1 Å². The molecule has 1 aromatic carbocycles. The Balaban J connectivity index is 1.94. The summed E-state index contributed by atoms with van der Waals surface area (Å²) in [6, 6.07) is 5.72. The zero-order valence-corrected chi connectivity index (χ0v) is 11.4. The van der Waals surface area contributed by atoms with Crippen molar-refractivity contribution in [3.05, 3.63) is 34.6 Å². The maximum absolute atomic E-state index is 6.09. The highest BCUT2D eigenvalue weighted by Gasteiger charge is 2.25. The molecule has 0 aliphatic carbocycles. The van der Waals surface area contributed by atoms with Crippen LogP contribution in [0.1, 0.15) is 23.7 Å². The minimum Gasteiger partial charge on any atom is -0.496 e. The largest absolute Gasteiger partial charge is 0.496 e. The molecular weight excluding hydrogens is 264 g/mol. The lowest BCUT2D eigenvalue weighted by molar-refractivity contribution is 0.387. The summed E-state index contributed by atoms with van der Waals surface area (Å²) in [5, 5.41) is 4.89. The first-order valence-electron chi connectivity index (χ1n) is 6.20. The van der Waals surface area contributed by atoms with Crippen LogP contribution in [0.15, 0.2) is 18.2 Å². The summed E-state index contributed by atoms with van der Waals surface area (Å²) in [4.78, 5) is 4.26. The number of nitrogens with zero attached hydrogens (tertiary/aromatic N) is 3. The van der Waals surface area contributed by atoms with Crippen LogP contribution in [0.25, 0.3) is 0 Å². The zero-order valence-electron chi connectivity index (χ0n) is 10.6. The number of methoxy groups -OCH3 is 1. The van der Waals surface area contributed by atoms with Gasteiger partial charge in [-0.1, -0.05) is 11.6 Å². The van der Waals surface area contributed by atoms with Gasteiger partial charge in [-0.15, -0.1) is 5.10 Å². The fourth-order valence-electron chi connectivity index (χ4n) is 2.61. The molecule has 0 amide bonds. The number of halogens is 1. The smallest absolute Gasteiger partial charge is 0.239 e. The summed E-state index contributed by atoms with van der Waals surface area (Å²) in [6.45, 7) is 0.819. The summed E-state index contributed by atoms with van der Waals surface area (Å²) in [5.41, 5.74) is 6.76. The zero-order chi connectivity index (χ0) is 13.4. The summed E-state index contributed by atoms with van der Waals surface area (Å²) in [6.07, 6.45) is 1.79. The minimum absolute atomic E-state index is 0.338. The predicted molar refractivity (Wildman–Crippen MR) is 73.5 cm³/mol. The second-order valence-electron chi connectivity index (χ2n) is 4.69. The number of aryl methyl sites for hydroxylation is 1. The van der Waals surface area contributed by atoms with E-state index in [0.717, 1.165) is 41.5 Å². The van der Waals surface area contributed by atoms with Crippen LogP contribution in [0, 0.1) is 0 Å². The highest BCUT2D eigenvalue weighted by Crippen LogP contribution is 2.36. The molecule has 2 aromatic rings. The number of fused-ring (bicyclic) bond motifs is 1. The van der Waals surface area contributed by atoms with E-state index in [0.29, 0.717) is 11.9 Å². The van der Waals surface area contributed by atoms with Gasteiger partial charge in [0.15, 0.2) is 0 Å². The minimum atomic E-state index is 0.338. The van der Waals surface area contributed by atoms with Crippen LogP contribution in [-0.4, -0.2) is 21.9 Å². The molecule has 3 rings (SSSR count). The molecule has 6 heteroatoms. The van der Waals surface area contributed by atoms with Crippen molar-refractivity contribution in [3.63, 3.8) is 0 Å². The lowest BCUT2D eigenvalue weighted by Crippen LogP contribution is -2.19. The van der Waals surface area contributed by atoms with Crippen molar-refractivity contribution in [1.29, 1.82) is 0 Å². The van der Waals surface area contributed by atoms with Gasteiger partial charge in [0.1, 0.15) is 11.6 Å².